The highest BCUT2D eigenvalue weighted by Crippen LogP contribution is 2.26. The van der Waals surface area contributed by atoms with Gasteiger partial charge in [-0.15, -0.1) is 0 Å². The van der Waals surface area contributed by atoms with Crippen molar-refractivity contribution in [1.29, 1.82) is 0 Å². The van der Waals surface area contributed by atoms with Crippen molar-refractivity contribution in [3.05, 3.63) is 11.6 Å². The minimum absolute atomic E-state index is 0.931. The van der Waals surface area contributed by atoms with Gasteiger partial charge < -0.3 is 0 Å². The van der Waals surface area contributed by atoms with E-state index in [-0.39, 0.29) is 0 Å². The molecule has 10 heavy (non-hydrogen) atoms. The van der Waals surface area contributed by atoms with Crippen molar-refractivity contribution in [2.24, 2.45) is 5.92 Å². The second-order valence-electron chi connectivity index (χ2n) is 3.41. The summed E-state index contributed by atoms with van der Waals surface area (Å²) in [5.41, 5.74) is 1.58. The Hall–Kier alpha value is -0.260. The lowest BCUT2D eigenvalue weighted by Crippen LogP contribution is -1.87. The summed E-state index contributed by atoms with van der Waals surface area (Å²) < 4.78 is 0. The monoisotopic (exact) mass is 138 g/mol. The van der Waals surface area contributed by atoms with Gasteiger partial charge in [0.2, 0.25) is 0 Å². The van der Waals surface area contributed by atoms with Gasteiger partial charge >= 0.3 is 0 Å². The first-order valence-electron chi connectivity index (χ1n) is 4.50. The van der Waals surface area contributed by atoms with Gasteiger partial charge in [-0.2, -0.15) is 0 Å². The second-order valence-corrected chi connectivity index (χ2v) is 3.41. The zero-order valence-corrected chi connectivity index (χ0v) is 7.19. The molecule has 0 heterocycles. The molecule has 0 aromatic rings. The normalized spacial score (nSPS) is 22.0. The summed E-state index contributed by atoms with van der Waals surface area (Å²) >= 11 is 0. The summed E-state index contributed by atoms with van der Waals surface area (Å²) in [6.45, 7) is 4.49. The summed E-state index contributed by atoms with van der Waals surface area (Å²) in [5, 5.41) is 0. The highest BCUT2D eigenvalue weighted by molar-refractivity contribution is 5.01. The van der Waals surface area contributed by atoms with Crippen LogP contribution in [0.25, 0.3) is 0 Å². The first-order valence-corrected chi connectivity index (χ1v) is 4.50. The first-order chi connectivity index (χ1) is 4.83. The van der Waals surface area contributed by atoms with E-state index in [9.17, 15) is 0 Å². The van der Waals surface area contributed by atoms with Crippen LogP contribution < -0.4 is 0 Å². The van der Waals surface area contributed by atoms with Gasteiger partial charge in [-0.3, -0.25) is 0 Å². The van der Waals surface area contributed by atoms with E-state index in [1.54, 1.807) is 5.57 Å². The summed E-state index contributed by atoms with van der Waals surface area (Å²) in [4.78, 5) is 0. The van der Waals surface area contributed by atoms with E-state index in [1.807, 2.05) is 0 Å². The molecule has 0 unspecified atom stereocenters. The first kappa shape index (κ1) is 7.84. The minimum Gasteiger partial charge on any atom is -0.0825 e. The van der Waals surface area contributed by atoms with Crippen LogP contribution in [0, 0.1) is 5.92 Å². The zero-order valence-electron chi connectivity index (χ0n) is 7.19. The van der Waals surface area contributed by atoms with Crippen LogP contribution in [0.5, 0.6) is 0 Å². The molecular weight excluding hydrogens is 120 g/mol. The quantitative estimate of drug-likeness (QED) is 0.512. The molecule has 0 aliphatic heterocycles. The van der Waals surface area contributed by atoms with Gasteiger partial charge in [0.15, 0.2) is 0 Å². The standard InChI is InChI=1S/C10H18/c1-3-9(2)8-10-6-4-5-7-10/h8,10H,3-7H2,1-2H3/b9-8-. The van der Waals surface area contributed by atoms with Crippen LogP contribution >= 0.6 is 0 Å². The lowest BCUT2D eigenvalue weighted by molar-refractivity contribution is 0.677. The summed E-state index contributed by atoms with van der Waals surface area (Å²) in [5.74, 6) is 0.931. The maximum Gasteiger partial charge on any atom is -0.0231 e. The van der Waals surface area contributed by atoms with Crippen molar-refractivity contribution in [1.82, 2.24) is 0 Å². The van der Waals surface area contributed by atoms with E-state index in [2.05, 4.69) is 19.9 Å². The lowest BCUT2D eigenvalue weighted by Gasteiger charge is -2.02. The molecule has 1 saturated carbocycles. The molecule has 0 amide bonds. The third-order valence-electron chi connectivity index (χ3n) is 2.48. The molecule has 0 spiro atoms. The van der Waals surface area contributed by atoms with Crippen molar-refractivity contribution in [3.63, 3.8) is 0 Å². The van der Waals surface area contributed by atoms with Crippen molar-refractivity contribution < 1.29 is 0 Å². The predicted octanol–water partition coefficient (Wildman–Crippen LogP) is 3.53. The average molecular weight is 138 g/mol. The fraction of sp³-hybridized carbons (Fsp3) is 0.800. The Kier molecular flexibility index (Phi) is 2.98. The molecule has 1 aliphatic rings. The minimum atomic E-state index is 0.931. The largest absolute Gasteiger partial charge is 0.0825 e. The van der Waals surface area contributed by atoms with Gasteiger partial charge in [0, 0.05) is 0 Å². The Labute approximate surface area is 64.3 Å². The summed E-state index contributed by atoms with van der Waals surface area (Å²) in [6.07, 6.45) is 9.51. The van der Waals surface area contributed by atoms with Crippen LogP contribution in [0.4, 0.5) is 0 Å². The number of hydrogen-bond donors (Lipinski definition) is 0. The van der Waals surface area contributed by atoms with E-state index >= 15 is 0 Å². The smallest absolute Gasteiger partial charge is 0.0231 e. The average Bonchev–Trinajstić information content (AvgIpc) is 2.40. The molecule has 0 N–H and O–H groups in total. The Balaban J connectivity index is 2.34. The number of allylic oxidation sites excluding steroid dienone is 2. The van der Waals surface area contributed by atoms with Gasteiger partial charge in [-0.05, 0) is 32.1 Å². The Morgan fingerprint density at radius 3 is 2.50 bits per heavy atom. The van der Waals surface area contributed by atoms with Gasteiger partial charge in [0.1, 0.15) is 0 Å². The molecule has 0 atom stereocenters. The second kappa shape index (κ2) is 3.80. The van der Waals surface area contributed by atoms with E-state index in [1.165, 1.54) is 32.1 Å². The van der Waals surface area contributed by atoms with Gasteiger partial charge in [-0.1, -0.05) is 31.4 Å². The van der Waals surface area contributed by atoms with Crippen molar-refractivity contribution >= 4 is 0 Å². The molecule has 1 fully saturated rings. The van der Waals surface area contributed by atoms with E-state index in [0.29, 0.717) is 0 Å². The van der Waals surface area contributed by atoms with E-state index in [0.717, 1.165) is 5.92 Å². The fourth-order valence-corrected chi connectivity index (χ4v) is 1.64. The van der Waals surface area contributed by atoms with Crippen LogP contribution in [-0.4, -0.2) is 0 Å². The molecular formula is C10H18. The van der Waals surface area contributed by atoms with Gasteiger partial charge in [0.25, 0.3) is 0 Å². The predicted molar refractivity (Wildman–Crippen MR) is 46.0 cm³/mol. The van der Waals surface area contributed by atoms with Gasteiger partial charge in [-0.25, -0.2) is 0 Å². The highest BCUT2D eigenvalue weighted by atomic mass is 14.2. The van der Waals surface area contributed by atoms with E-state index in [4.69, 9.17) is 0 Å². The lowest BCUT2D eigenvalue weighted by atomic mass is 10.0. The molecule has 0 bridgehead atoms. The van der Waals surface area contributed by atoms with Crippen LogP contribution in [0.2, 0.25) is 0 Å². The molecule has 1 aliphatic carbocycles. The third kappa shape index (κ3) is 2.17. The van der Waals surface area contributed by atoms with Crippen LogP contribution in [0.15, 0.2) is 11.6 Å². The van der Waals surface area contributed by atoms with Crippen LogP contribution in [0.1, 0.15) is 46.0 Å². The highest BCUT2D eigenvalue weighted by Gasteiger charge is 2.11. The Bertz CT molecular complexity index is 116. The molecule has 1 rings (SSSR count). The fourth-order valence-electron chi connectivity index (χ4n) is 1.64. The van der Waals surface area contributed by atoms with E-state index < -0.39 is 0 Å². The van der Waals surface area contributed by atoms with Crippen LogP contribution in [0.3, 0.4) is 0 Å². The molecule has 0 aromatic carbocycles. The zero-order chi connectivity index (χ0) is 7.40. The molecule has 0 saturated heterocycles. The van der Waals surface area contributed by atoms with Gasteiger partial charge in [0.05, 0.1) is 0 Å². The molecule has 0 aromatic heterocycles. The molecule has 0 heteroatoms. The van der Waals surface area contributed by atoms with Crippen LogP contribution in [-0.2, 0) is 0 Å². The summed E-state index contributed by atoms with van der Waals surface area (Å²) in [7, 11) is 0. The Morgan fingerprint density at radius 1 is 1.40 bits per heavy atom. The Morgan fingerprint density at radius 2 is 2.00 bits per heavy atom. The molecule has 58 valence electrons. The van der Waals surface area contributed by atoms with Crippen molar-refractivity contribution in [2.75, 3.05) is 0 Å². The molecule has 0 nitrogen and oxygen atoms in total. The molecule has 0 radical (unpaired) electrons. The number of hydrogen-bond acceptors (Lipinski definition) is 0. The topological polar surface area (TPSA) is 0 Å². The maximum atomic E-state index is 2.48. The summed E-state index contributed by atoms with van der Waals surface area (Å²) in [6, 6.07) is 0. The number of rotatable bonds is 2. The van der Waals surface area contributed by atoms with Crippen molar-refractivity contribution in [2.45, 2.75) is 46.0 Å². The van der Waals surface area contributed by atoms with Crippen molar-refractivity contribution in [3.8, 4) is 0 Å². The maximum absolute atomic E-state index is 2.48. The third-order valence-corrected chi connectivity index (χ3v) is 2.48. The SMILES string of the molecule is CC/C(C)=C\C1CCCC1.